The van der Waals surface area contributed by atoms with Crippen molar-refractivity contribution < 1.29 is 14.3 Å². The van der Waals surface area contributed by atoms with Crippen molar-refractivity contribution in [2.45, 2.75) is 12.8 Å². The third-order valence-corrected chi connectivity index (χ3v) is 2.42. The fraction of sp³-hybridized carbons (Fsp3) is 0.267. The van der Waals surface area contributed by atoms with Gasteiger partial charge in [0.25, 0.3) is 0 Å². The lowest BCUT2D eigenvalue weighted by Gasteiger charge is -2.10. The van der Waals surface area contributed by atoms with Crippen molar-refractivity contribution in [2.75, 3.05) is 13.7 Å². The van der Waals surface area contributed by atoms with E-state index < -0.39 is 0 Å². The predicted octanol–water partition coefficient (Wildman–Crippen LogP) is 2.70. The van der Waals surface area contributed by atoms with Gasteiger partial charge in [-0.3, -0.25) is 4.79 Å². The van der Waals surface area contributed by atoms with Crippen LogP contribution >= 0.6 is 0 Å². The topological polar surface area (TPSA) is 35.5 Å². The second-order valence-electron chi connectivity index (χ2n) is 3.79. The first-order valence-electron chi connectivity index (χ1n) is 5.74. The molecule has 1 aromatic rings. The van der Waals surface area contributed by atoms with Crippen LogP contribution < -0.4 is 4.74 Å². The summed E-state index contributed by atoms with van der Waals surface area (Å²) in [5, 5.41) is 0. The molecule has 0 atom stereocenters. The molecule has 1 aromatic carbocycles. The monoisotopic (exact) mass is 246 g/mol. The van der Waals surface area contributed by atoms with Crippen LogP contribution in [0.5, 0.6) is 5.75 Å². The van der Waals surface area contributed by atoms with E-state index in [-0.39, 0.29) is 12.4 Å². The van der Waals surface area contributed by atoms with E-state index in [0.717, 1.165) is 16.9 Å². The summed E-state index contributed by atoms with van der Waals surface area (Å²) in [6.07, 6.45) is 4.46. The molecule has 0 saturated heterocycles. The van der Waals surface area contributed by atoms with Crippen LogP contribution in [0.15, 0.2) is 43.5 Å². The maximum atomic E-state index is 11.2. The van der Waals surface area contributed by atoms with Gasteiger partial charge in [-0.25, -0.2) is 0 Å². The minimum Gasteiger partial charge on any atom is -0.489 e. The van der Waals surface area contributed by atoms with Crippen molar-refractivity contribution in [1.29, 1.82) is 0 Å². The van der Waals surface area contributed by atoms with E-state index in [4.69, 9.17) is 4.74 Å². The third-order valence-electron chi connectivity index (χ3n) is 2.42. The van der Waals surface area contributed by atoms with Gasteiger partial charge in [0.05, 0.1) is 13.5 Å². The first-order chi connectivity index (χ1) is 8.71. The lowest BCUT2D eigenvalue weighted by Crippen LogP contribution is -2.05. The molecule has 0 aromatic heterocycles. The van der Waals surface area contributed by atoms with E-state index in [1.165, 1.54) is 7.11 Å². The Kier molecular flexibility index (Phi) is 5.71. The van der Waals surface area contributed by atoms with Gasteiger partial charge in [-0.05, 0) is 23.6 Å². The molecule has 0 fully saturated rings. The first kappa shape index (κ1) is 14.0. The van der Waals surface area contributed by atoms with Gasteiger partial charge in [-0.15, -0.1) is 6.58 Å². The van der Waals surface area contributed by atoms with E-state index in [0.29, 0.717) is 13.0 Å². The van der Waals surface area contributed by atoms with Gasteiger partial charge in [0, 0.05) is 0 Å². The van der Waals surface area contributed by atoms with Crippen molar-refractivity contribution in [1.82, 2.24) is 0 Å². The van der Waals surface area contributed by atoms with E-state index in [2.05, 4.69) is 17.9 Å². The van der Waals surface area contributed by atoms with Crippen molar-refractivity contribution >= 4 is 5.97 Å². The molecule has 3 heteroatoms. The predicted molar refractivity (Wildman–Crippen MR) is 71.8 cm³/mol. The number of methoxy groups -OCH3 is 1. The Morgan fingerprint density at radius 1 is 1.33 bits per heavy atom. The molecule has 0 N–H and O–H groups in total. The zero-order valence-electron chi connectivity index (χ0n) is 10.6. The van der Waals surface area contributed by atoms with Crippen LogP contribution in [-0.4, -0.2) is 19.7 Å². The Labute approximate surface area is 108 Å². The molecule has 0 aliphatic carbocycles. The lowest BCUT2D eigenvalue weighted by molar-refractivity contribution is -0.139. The molecule has 0 aliphatic heterocycles. The summed E-state index contributed by atoms with van der Waals surface area (Å²) in [7, 11) is 1.38. The van der Waals surface area contributed by atoms with Gasteiger partial charge in [0.2, 0.25) is 0 Å². The second-order valence-corrected chi connectivity index (χ2v) is 3.79. The minimum absolute atomic E-state index is 0.251. The molecule has 0 aliphatic rings. The molecule has 18 heavy (non-hydrogen) atoms. The maximum absolute atomic E-state index is 11.2. The molecular weight excluding hydrogens is 228 g/mol. The van der Waals surface area contributed by atoms with Crippen molar-refractivity contribution in [3.8, 4) is 5.75 Å². The summed E-state index contributed by atoms with van der Waals surface area (Å²) < 4.78 is 10.2. The molecule has 3 nitrogen and oxygen atoms in total. The highest BCUT2D eigenvalue weighted by molar-refractivity contribution is 5.72. The van der Waals surface area contributed by atoms with Gasteiger partial charge in [-0.1, -0.05) is 30.9 Å². The highest BCUT2D eigenvalue weighted by Gasteiger charge is 2.07. The summed E-state index contributed by atoms with van der Waals surface area (Å²) in [6, 6.07) is 5.67. The maximum Gasteiger partial charge on any atom is 0.309 e. The largest absolute Gasteiger partial charge is 0.489 e. The van der Waals surface area contributed by atoms with Gasteiger partial charge in [0.1, 0.15) is 12.4 Å². The number of allylic oxidation sites excluding steroid dienone is 1. The minimum atomic E-state index is -0.251. The van der Waals surface area contributed by atoms with Gasteiger partial charge >= 0.3 is 5.97 Å². The van der Waals surface area contributed by atoms with Gasteiger partial charge in [0.15, 0.2) is 0 Å². The van der Waals surface area contributed by atoms with Crippen molar-refractivity contribution in [3.63, 3.8) is 0 Å². The van der Waals surface area contributed by atoms with E-state index >= 15 is 0 Å². The Morgan fingerprint density at radius 3 is 2.72 bits per heavy atom. The number of esters is 1. The van der Waals surface area contributed by atoms with Gasteiger partial charge in [-0.2, -0.15) is 0 Å². The molecule has 96 valence electrons. The fourth-order valence-electron chi connectivity index (χ4n) is 1.59. The Morgan fingerprint density at radius 2 is 2.11 bits per heavy atom. The standard InChI is InChI=1S/C15H18O3/c1-4-6-13-10-12(11-15(16)17-3)7-8-14(13)18-9-5-2/h4-5,7-8,10H,1-2,6,9,11H2,3H3. The first-order valence-corrected chi connectivity index (χ1v) is 5.74. The van der Waals surface area contributed by atoms with Crippen molar-refractivity contribution in [3.05, 3.63) is 54.6 Å². The van der Waals surface area contributed by atoms with Crippen LogP contribution in [0.1, 0.15) is 11.1 Å². The number of hydrogen-bond acceptors (Lipinski definition) is 3. The Bertz CT molecular complexity index is 435. The highest BCUT2D eigenvalue weighted by atomic mass is 16.5. The molecule has 0 spiro atoms. The molecule has 0 radical (unpaired) electrons. The highest BCUT2D eigenvalue weighted by Crippen LogP contribution is 2.21. The summed E-state index contributed by atoms with van der Waals surface area (Å²) >= 11 is 0. The molecule has 0 heterocycles. The number of hydrogen-bond donors (Lipinski definition) is 0. The van der Waals surface area contributed by atoms with Crippen molar-refractivity contribution in [2.24, 2.45) is 0 Å². The summed E-state index contributed by atoms with van der Waals surface area (Å²) in [5.41, 5.74) is 1.91. The Balaban J connectivity index is 2.90. The molecule has 1 rings (SSSR count). The average molecular weight is 246 g/mol. The molecule has 0 saturated carbocycles. The summed E-state index contributed by atoms with van der Waals surface area (Å²) in [5.74, 6) is 0.544. The van der Waals surface area contributed by atoms with Crippen LogP contribution in [0.4, 0.5) is 0 Å². The zero-order chi connectivity index (χ0) is 13.4. The van der Waals surface area contributed by atoms with E-state index in [1.807, 2.05) is 18.2 Å². The summed E-state index contributed by atoms with van der Waals surface area (Å²) in [6.45, 7) is 7.79. The number of ether oxygens (including phenoxy) is 2. The number of carbonyl (C=O) groups excluding carboxylic acids is 1. The quantitative estimate of drug-likeness (QED) is 0.548. The lowest BCUT2D eigenvalue weighted by atomic mass is 10.0. The summed E-state index contributed by atoms with van der Waals surface area (Å²) in [4.78, 5) is 11.2. The normalized spacial score (nSPS) is 9.61. The molecule has 0 bridgehead atoms. The third kappa shape index (κ3) is 4.09. The zero-order valence-corrected chi connectivity index (χ0v) is 10.6. The van der Waals surface area contributed by atoms with Crippen LogP contribution in [-0.2, 0) is 22.4 Å². The van der Waals surface area contributed by atoms with Crippen LogP contribution in [0, 0.1) is 0 Å². The molecular formula is C15H18O3. The van der Waals surface area contributed by atoms with Crippen LogP contribution in [0.2, 0.25) is 0 Å². The second kappa shape index (κ2) is 7.33. The van der Waals surface area contributed by atoms with Crippen LogP contribution in [0.25, 0.3) is 0 Å². The number of benzene rings is 1. The number of carbonyl (C=O) groups is 1. The average Bonchev–Trinajstić information content (AvgIpc) is 2.38. The van der Waals surface area contributed by atoms with Crippen LogP contribution in [0.3, 0.4) is 0 Å². The number of rotatable bonds is 7. The van der Waals surface area contributed by atoms with E-state index in [1.54, 1.807) is 12.2 Å². The molecule has 0 amide bonds. The fourth-order valence-corrected chi connectivity index (χ4v) is 1.59. The van der Waals surface area contributed by atoms with Gasteiger partial charge < -0.3 is 9.47 Å². The SMILES string of the molecule is C=CCOc1ccc(CC(=O)OC)cc1CC=C. The smallest absolute Gasteiger partial charge is 0.309 e. The molecule has 0 unspecified atom stereocenters. The van der Waals surface area contributed by atoms with E-state index in [9.17, 15) is 4.79 Å². The Hall–Kier alpha value is -2.03.